The lowest BCUT2D eigenvalue weighted by atomic mass is 9.47. The average Bonchev–Trinajstić information content (AvgIpc) is 3.27. The van der Waals surface area contributed by atoms with Crippen LogP contribution in [-0.4, -0.2) is 69.8 Å². The van der Waals surface area contributed by atoms with Crippen LogP contribution >= 0.6 is 11.3 Å². The second-order valence-corrected chi connectivity index (χ2v) is 12.3. The molecule has 6 unspecified atom stereocenters. The maximum atomic E-state index is 11.4. The lowest BCUT2D eigenvalue weighted by Gasteiger charge is -2.68. The van der Waals surface area contributed by atoms with Crippen molar-refractivity contribution in [1.82, 2.24) is 0 Å². The number of thiophene rings is 1. The minimum Gasteiger partial charge on any atom is -0.479 e. The molecule has 8 rings (SSSR count). The van der Waals surface area contributed by atoms with E-state index in [0.29, 0.717) is 17.6 Å². The highest BCUT2D eigenvalue weighted by Gasteiger charge is 2.77. The predicted octanol–water partition coefficient (Wildman–Crippen LogP) is 2.13. The van der Waals surface area contributed by atoms with Crippen LogP contribution in [0.4, 0.5) is 0 Å². The van der Waals surface area contributed by atoms with Crippen molar-refractivity contribution in [2.75, 3.05) is 7.11 Å². The van der Waals surface area contributed by atoms with Gasteiger partial charge in [0.15, 0.2) is 11.7 Å². The number of carbonyl (C=O) groups is 1. The van der Waals surface area contributed by atoms with Crippen molar-refractivity contribution in [2.24, 2.45) is 23.7 Å². The summed E-state index contributed by atoms with van der Waals surface area (Å²) in [7, 11) is 1.68. The van der Waals surface area contributed by atoms with E-state index in [1.807, 2.05) is 12.1 Å². The van der Waals surface area contributed by atoms with E-state index < -0.39 is 48.1 Å². The number of rotatable bonds is 5. The lowest BCUT2D eigenvalue weighted by molar-refractivity contribution is -0.644. The van der Waals surface area contributed by atoms with Crippen molar-refractivity contribution in [3.05, 3.63) is 29.1 Å². The maximum Gasteiger partial charge on any atom is 0.335 e. The summed E-state index contributed by atoms with van der Waals surface area (Å²) >= 11 is 1.57. The smallest absolute Gasteiger partial charge is 0.335 e. The fourth-order valence-electron chi connectivity index (χ4n) is 7.84. The number of ether oxygens (including phenoxy) is 3. The Hall–Kier alpha value is -1.83. The molecule has 4 N–H and O–H groups in total. The Balaban J connectivity index is 1.18. The van der Waals surface area contributed by atoms with E-state index in [-0.39, 0.29) is 0 Å². The summed E-state index contributed by atoms with van der Waals surface area (Å²) in [5, 5.41) is 40.4. The molecule has 37 heavy (non-hydrogen) atoms. The van der Waals surface area contributed by atoms with Gasteiger partial charge in [-0.1, -0.05) is 0 Å². The van der Waals surface area contributed by atoms with Crippen molar-refractivity contribution in [3.63, 3.8) is 0 Å². The first-order chi connectivity index (χ1) is 17.8. The molecule has 6 atom stereocenters. The van der Waals surface area contributed by atoms with Crippen LogP contribution in [0.15, 0.2) is 24.3 Å². The molecular formula is C26H30O10S. The highest BCUT2D eigenvalue weighted by atomic mass is 32.1. The molecule has 6 aliphatic rings. The molecule has 3 heterocycles. The van der Waals surface area contributed by atoms with Crippen LogP contribution in [0.5, 0.6) is 5.75 Å². The summed E-state index contributed by atoms with van der Waals surface area (Å²) in [6.45, 7) is 0. The third-order valence-electron chi connectivity index (χ3n) is 9.33. The van der Waals surface area contributed by atoms with Crippen molar-refractivity contribution in [2.45, 2.75) is 74.2 Å². The molecule has 2 aromatic rings. The molecule has 10 nitrogen and oxygen atoms in total. The molecule has 1 spiro atoms. The number of aliphatic hydroxyl groups is 3. The number of carboxylic acid groups (broad SMARTS) is 1. The van der Waals surface area contributed by atoms with Crippen molar-refractivity contribution < 1.29 is 49.2 Å². The number of methoxy groups -OCH3 is 1. The second kappa shape index (κ2) is 8.33. The molecule has 200 valence electrons. The minimum absolute atomic E-state index is 0.315. The number of aliphatic carboxylic acids is 1. The van der Waals surface area contributed by atoms with Gasteiger partial charge in [0.05, 0.1) is 4.88 Å². The monoisotopic (exact) mass is 534 g/mol. The molecule has 11 heteroatoms. The van der Waals surface area contributed by atoms with E-state index in [1.54, 1.807) is 30.6 Å². The number of aliphatic hydroxyl groups excluding tert-OH is 3. The van der Waals surface area contributed by atoms with Crippen molar-refractivity contribution in [1.29, 1.82) is 0 Å². The summed E-state index contributed by atoms with van der Waals surface area (Å²) in [6.07, 6.45) is -2.43. The standard InChI is InChI=1S/C26H30O10S/c1-32-26(25(35-36-26)14-5-11-4-12(7-14)8-15(25)6-11)18-10-13-9-16(2-3-17(13)37-18)33-24-21(29)19(27)20(28)22(34-24)23(30)31/h2-3,9-12,14-15,19-22,24,27-29H,4-8H2,1H3,(H,30,31). The summed E-state index contributed by atoms with van der Waals surface area (Å²) in [4.78, 5) is 24.3. The Morgan fingerprint density at radius 2 is 1.68 bits per heavy atom. The van der Waals surface area contributed by atoms with Gasteiger partial charge in [-0.3, -0.25) is 0 Å². The SMILES string of the molecule is COC1(c2cc3cc(OC4OC(C(=O)O)C(O)C(O)C4O)ccc3s2)OOC12C1CC3CC(C1)CC2C3. The number of carboxylic acids is 1. The molecule has 1 aromatic carbocycles. The van der Waals surface area contributed by atoms with E-state index >= 15 is 0 Å². The lowest BCUT2D eigenvalue weighted by Crippen LogP contribution is -2.76. The zero-order valence-electron chi connectivity index (χ0n) is 20.2. The van der Waals surface area contributed by atoms with Gasteiger partial charge < -0.3 is 34.6 Å². The normalized spacial score (nSPS) is 46.3. The van der Waals surface area contributed by atoms with Crippen molar-refractivity contribution >= 4 is 27.4 Å². The summed E-state index contributed by atoms with van der Waals surface area (Å²) in [5.41, 5.74) is -0.488. The minimum atomic E-state index is -1.78. The zero-order chi connectivity index (χ0) is 25.7. The Morgan fingerprint density at radius 3 is 2.27 bits per heavy atom. The van der Waals surface area contributed by atoms with Gasteiger partial charge >= 0.3 is 5.97 Å². The van der Waals surface area contributed by atoms with Gasteiger partial charge in [-0.05, 0) is 85.4 Å². The highest BCUT2D eigenvalue weighted by molar-refractivity contribution is 7.19. The molecule has 1 aromatic heterocycles. The quantitative estimate of drug-likeness (QED) is 0.421. The number of hydrogen-bond acceptors (Lipinski definition) is 10. The Bertz CT molecular complexity index is 1200. The van der Waals surface area contributed by atoms with Crippen LogP contribution in [0.3, 0.4) is 0 Å². The summed E-state index contributed by atoms with van der Waals surface area (Å²) < 4.78 is 18.1. The number of fused-ring (bicyclic) bond motifs is 1. The highest BCUT2D eigenvalue weighted by Crippen LogP contribution is 2.70. The summed E-state index contributed by atoms with van der Waals surface area (Å²) in [6, 6.07) is 7.30. The Morgan fingerprint density at radius 1 is 0.973 bits per heavy atom. The van der Waals surface area contributed by atoms with Crippen LogP contribution in [0.2, 0.25) is 0 Å². The molecule has 2 saturated heterocycles. The van der Waals surface area contributed by atoms with Crippen LogP contribution in [0.1, 0.15) is 37.0 Å². The van der Waals surface area contributed by atoms with Crippen LogP contribution < -0.4 is 4.74 Å². The van der Waals surface area contributed by atoms with Gasteiger partial charge in [0.1, 0.15) is 24.1 Å². The van der Waals surface area contributed by atoms with Gasteiger partial charge in [-0.15, -0.1) is 11.3 Å². The van der Waals surface area contributed by atoms with Gasteiger partial charge in [0.2, 0.25) is 6.29 Å². The van der Waals surface area contributed by atoms with E-state index in [1.165, 1.54) is 6.42 Å². The Labute approximate surface area is 216 Å². The molecule has 4 saturated carbocycles. The van der Waals surface area contributed by atoms with Gasteiger partial charge in [0, 0.05) is 11.8 Å². The van der Waals surface area contributed by atoms with Crippen molar-refractivity contribution in [3.8, 4) is 5.75 Å². The first kappa shape index (κ1) is 24.2. The molecular weight excluding hydrogens is 504 g/mol. The molecule has 4 bridgehead atoms. The fraction of sp³-hybridized carbons (Fsp3) is 0.654. The first-order valence-electron chi connectivity index (χ1n) is 12.8. The molecule has 4 aliphatic carbocycles. The number of hydrogen-bond donors (Lipinski definition) is 4. The number of benzene rings is 1. The van der Waals surface area contributed by atoms with Gasteiger partial charge in [-0.25, -0.2) is 9.68 Å². The fourth-order valence-corrected chi connectivity index (χ4v) is 9.05. The van der Waals surface area contributed by atoms with Gasteiger partial charge in [0.25, 0.3) is 5.79 Å². The maximum absolute atomic E-state index is 11.4. The van der Waals surface area contributed by atoms with E-state index in [0.717, 1.165) is 52.5 Å². The molecule has 0 radical (unpaired) electrons. The van der Waals surface area contributed by atoms with Gasteiger partial charge in [-0.2, -0.15) is 4.89 Å². The second-order valence-electron chi connectivity index (χ2n) is 11.2. The molecule has 2 aliphatic heterocycles. The van der Waals surface area contributed by atoms with E-state index in [4.69, 9.17) is 24.0 Å². The Kier molecular flexibility index (Phi) is 5.46. The third-order valence-corrected chi connectivity index (χ3v) is 10.5. The third kappa shape index (κ3) is 3.26. The van der Waals surface area contributed by atoms with Crippen LogP contribution in [-0.2, 0) is 29.8 Å². The van der Waals surface area contributed by atoms with Crippen LogP contribution in [0.25, 0.3) is 10.1 Å². The molecule has 0 amide bonds. The average molecular weight is 535 g/mol. The first-order valence-corrected chi connectivity index (χ1v) is 13.6. The predicted molar refractivity (Wildman–Crippen MR) is 127 cm³/mol. The van der Waals surface area contributed by atoms with E-state index in [9.17, 15) is 25.2 Å². The largest absolute Gasteiger partial charge is 0.479 e. The molecule has 6 fully saturated rings. The summed E-state index contributed by atoms with van der Waals surface area (Å²) in [5.74, 6) is 0.216. The van der Waals surface area contributed by atoms with Crippen LogP contribution in [0, 0.1) is 23.7 Å². The topological polar surface area (TPSA) is 144 Å². The zero-order valence-corrected chi connectivity index (χ0v) is 21.0. The van der Waals surface area contributed by atoms with E-state index in [2.05, 4.69) is 0 Å².